The predicted octanol–water partition coefficient (Wildman–Crippen LogP) is 0.673. The van der Waals surface area contributed by atoms with Crippen LogP contribution in [0.3, 0.4) is 0 Å². The van der Waals surface area contributed by atoms with E-state index in [1.54, 1.807) is 12.1 Å². The molecule has 1 aliphatic heterocycles. The van der Waals surface area contributed by atoms with Gasteiger partial charge in [-0.1, -0.05) is 0 Å². The highest BCUT2D eigenvalue weighted by Crippen LogP contribution is 2.31. The van der Waals surface area contributed by atoms with Gasteiger partial charge in [0.2, 0.25) is 10.0 Å². The summed E-state index contributed by atoms with van der Waals surface area (Å²) < 4.78 is 36.3. The molecule has 1 N–H and O–H groups in total. The lowest BCUT2D eigenvalue weighted by molar-refractivity contribution is -0.144. The molecule has 0 unspecified atom stereocenters. The largest absolute Gasteiger partial charge is 0.497 e. The van der Waals surface area contributed by atoms with Gasteiger partial charge >= 0.3 is 5.97 Å². The SMILES string of the molecule is COC(=O)[C@@H](C)N1CCNc2cc(OC)ccc2S1(=O)=O. The summed E-state index contributed by atoms with van der Waals surface area (Å²) in [6.07, 6.45) is 0. The summed E-state index contributed by atoms with van der Waals surface area (Å²) in [5, 5.41) is 3.04. The molecule has 0 aromatic heterocycles. The van der Waals surface area contributed by atoms with Crippen molar-refractivity contribution in [3.05, 3.63) is 18.2 Å². The number of hydrogen-bond acceptors (Lipinski definition) is 6. The predicted molar refractivity (Wildman–Crippen MR) is 76.9 cm³/mol. The van der Waals surface area contributed by atoms with E-state index in [0.29, 0.717) is 18.0 Å². The van der Waals surface area contributed by atoms with Gasteiger partial charge in [0.05, 0.1) is 19.9 Å². The molecule has 1 aliphatic rings. The fourth-order valence-electron chi connectivity index (χ4n) is 2.24. The molecule has 0 bridgehead atoms. The van der Waals surface area contributed by atoms with E-state index in [1.165, 1.54) is 27.2 Å². The van der Waals surface area contributed by atoms with E-state index in [9.17, 15) is 13.2 Å². The standard InChI is InChI=1S/C13H18N2O5S/c1-9(13(16)20-3)15-7-6-14-11-8-10(19-2)4-5-12(11)21(15,17)18/h4-5,8-9,14H,6-7H2,1-3H3/t9-/m1/s1. The lowest BCUT2D eigenvalue weighted by Gasteiger charge is -2.24. The number of anilines is 1. The minimum Gasteiger partial charge on any atom is -0.497 e. The van der Waals surface area contributed by atoms with E-state index in [1.807, 2.05) is 0 Å². The Labute approximate surface area is 123 Å². The van der Waals surface area contributed by atoms with Gasteiger partial charge in [-0.3, -0.25) is 4.79 Å². The molecule has 7 nitrogen and oxygen atoms in total. The van der Waals surface area contributed by atoms with Crippen LogP contribution in [0.4, 0.5) is 5.69 Å². The van der Waals surface area contributed by atoms with Crippen LogP contribution < -0.4 is 10.1 Å². The second-order valence-corrected chi connectivity index (χ2v) is 6.46. The van der Waals surface area contributed by atoms with Crippen molar-refractivity contribution < 1.29 is 22.7 Å². The van der Waals surface area contributed by atoms with Crippen molar-refractivity contribution in [3.8, 4) is 5.75 Å². The zero-order chi connectivity index (χ0) is 15.6. The Balaban J connectivity index is 2.48. The zero-order valence-electron chi connectivity index (χ0n) is 12.1. The van der Waals surface area contributed by atoms with E-state index in [-0.39, 0.29) is 11.4 Å². The quantitative estimate of drug-likeness (QED) is 0.826. The van der Waals surface area contributed by atoms with Crippen molar-refractivity contribution in [2.45, 2.75) is 17.9 Å². The van der Waals surface area contributed by atoms with E-state index in [0.717, 1.165) is 4.31 Å². The monoisotopic (exact) mass is 314 g/mol. The molecular formula is C13H18N2O5S. The first-order chi connectivity index (χ1) is 9.91. The highest BCUT2D eigenvalue weighted by Gasteiger charge is 2.36. The van der Waals surface area contributed by atoms with Crippen molar-refractivity contribution in [2.75, 3.05) is 32.6 Å². The Morgan fingerprint density at radius 2 is 2.10 bits per heavy atom. The number of fused-ring (bicyclic) bond motifs is 1. The second kappa shape index (κ2) is 5.90. The molecule has 1 aromatic rings. The molecule has 0 spiro atoms. The van der Waals surface area contributed by atoms with Crippen molar-refractivity contribution >= 4 is 21.7 Å². The van der Waals surface area contributed by atoms with Gasteiger partial charge in [-0.15, -0.1) is 0 Å². The normalized spacial score (nSPS) is 18.8. The van der Waals surface area contributed by atoms with Gasteiger partial charge in [-0.25, -0.2) is 8.42 Å². The van der Waals surface area contributed by atoms with Crippen LogP contribution in [0.25, 0.3) is 0 Å². The second-order valence-electron chi connectivity index (χ2n) is 4.60. The Kier molecular flexibility index (Phi) is 4.38. The maximum atomic E-state index is 12.7. The molecule has 2 rings (SSSR count). The summed E-state index contributed by atoms with van der Waals surface area (Å²) in [5.74, 6) is -0.0264. The Morgan fingerprint density at radius 3 is 2.71 bits per heavy atom. The van der Waals surface area contributed by atoms with Crippen molar-refractivity contribution in [1.29, 1.82) is 0 Å². The molecule has 1 atom stereocenters. The van der Waals surface area contributed by atoms with Crippen LogP contribution >= 0.6 is 0 Å². The number of carbonyl (C=O) groups is 1. The first-order valence-electron chi connectivity index (χ1n) is 6.43. The molecule has 0 aliphatic carbocycles. The lowest BCUT2D eigenvalue weighted by atomic mass is 10.3. The zero-order valence-corrected chi connectivity index (χ0v) is 12.9. The number of rotatable bonds is 3. The van der Waals surface area contributed by atoms with Gasteiger partial charge in [0, 0.05) is 19.2 Å². The summed E-state index contributed by atoms with van der Waals surface area (Å²) in [6, 6.07) is 3.79. The molecule has 0 saturated carbocycles. The number of nitrogens with one attached hydrogen (secondary N) is 1. The summed E-state index contributed by atoms with van der Waals surface area (Å²) in [4.78, 5) is 11.8. The van der Waals surface area contributed by atoms with Crippen LogP contribution in [-0.4, -0.2) is 52.0 Å². The van der Waals surface area contributed by atoms with Crippen LogP contribution in [0.1, 0.15) is 6.92 Å². The number of esters is 1. The van der Waals surface area contributed by atoms with Crippen LogP contribution in [-0.2, 0) is 19.6 Å². The third kappa shape index (κ3) is 2.81. The molecule has 0 amide bonds. The minimum atomic E-state index is -3.78. The van der Waals surface area contributed by atoms with Gasteiger partial charge in [0.25, 0.3) is 0 Å². The molecule has 0 fully saturated rings. The smallest absolute Gasteiger partial charge is 0.323 e. The van der Waals surface area contributed by atoms with Crippen LogP contribution in [0.5, 0.6) is 5.75 Å². The molecule has 0 radical (unpaired) electrons. The Hall–Kier alpha value is -1.80. The van der Waals surface area contributed by atoms with Crippen LogP contribution in [0.15, 0.2) is 23.1 Å². The number of sulfonamides is 1. The van der Waals surface area contributed by atoms with Gasteiger partial charge in [-0.05, 0) is 19.1 Å². The molecular weight excluding hydrogens is 296 g/mol. The minimum absolute atomic E-state index is 0.122. The number of ether oxygens (including phenoxy) is 2. The highest BCUT2D eigenvalue weighted by atomic mass is 32.2. The lowest BCUT2D eigenvalue weighted by Crippen LogP contribution is -2.44. The average Bonchev–Trinajstić information content (AvgIpc) is 2.61. The fourth-order valence-corrected chi connectivity index (χ4v) is 3.97. The maximum absolute atomic E-state index is 12.7. The first kappa shape index (κ1) is 15.6. The van der Waals surface area contributed by atoms with E-state index in [4.69, 9.17) is 4.74 Å². The van der Waals surface area contributed by atoms with E-state index in [2.05, 4.69) is 10.1 Å². The van der Waals surface area contributed by atoms with Crippen molar-refractivity contribution in [3.63, 3.8) is 0 Å². The number of hydrogen-bond donors (Lipinski definition) is 1. The van der Waals surface area contributed by atoms with E-state index >= 15 is 0 Å². The fraction of sp³-hybridized carbons (Fsp3) is 0.462. The van der Waals surface area contributed by atoms with Crippen molar-refractivity contribution in [1.82, 2.24) is 4.31 Å². The number of benzene rings is 1. The third-order valence-corrected chi connectivity index (χ3v) is 5.42. The number of carbonyl (C=O) groups excluding carboxylic acids is 1. The first-order valence-corrected chi connectivity index (χ1v) is 7.87. The van der Waals surface area contributed by atoms with Gasteiger partial charge in [0.1, 0.15) is 16.7 Å². The maximum Gasteiger partial charge on any atom is 0.323 e. The van der Waals surface area contributed by atoms with Crippen molar-refractivity contribution in [2.24, 2.45) is 0 Å². The number of methoxy groups -OCH3 is 2. The van der Waals surface area contributed by atoms with Crippen LogP contribution in [0, 0.1) is 0 Å². The summed E-state index contributed by atoms with van der Waals surface area (Å²) in [5.41, 5.74) is 0.467. The van der Waals surface area contributed by atoms with Gasteiger partial charge in [0.15, 0.2) is 0 Å². The number of nitrogens with zero attached hydrogens (tertiary/aromatic N) is 1. The third-order valence-electron chi connectivity index (χ3n) is 3.40. The molecule has 1 heterocycles. The molecule has 0 saturated heterocycles. The average molecular weight is 314 g/mol. The highest BCUT2D eigenvalue weighted by molar-refractivity contribution is 7.89. The van der Waals surface area contributed by atoms with E-state index < -0.39 is 22.0 Å². The molecule has 8 heteroatoms. The summed E-state index contributed by atoms with van der Waals surface area (Å²) in [7, 11) is -1.04. The Bertz CT molecular complexity index is 644. The summed E-state index contributed by atoms with van der Waals surface area (Å²) in [6.45, 7) is 2.08. The van der Waals surface area contributed by atoms with Gasteiger partial charge < -0.3 is 14.8 Å². The molecule has 1 aromatic carbocycles. The Morgan fingerprint density at radius 1 is 1.38 bits per heavy atom. The molecule has 21 heavy (non-hydrogen) atoms. The van der Waals surface area contributed by atoms with Crippen LogP contribution in [0.2, 0.25) is 0 Å². The topological polar surface area (TPSA) is 84.9 Å². The summed E-state index contributed by atoms with van der Waals surface area (Å²) >= 11 is 0. The molecule has 116 valence electrons. The van der Waals surface area contributed by atoms with Gasteiger partial charge in [-0.2, -0.15) is 4.31 Å².